The van der Waals surface area contributed by atoms with E-state index in [9.17, 15) is 9.59 Å². The van der Waals surface area contributed by atoms with Crippen molar-refractivity contribution in [1.29, 1.82) is 0 Å². The molecule has 0 saturated carbocycles. The third-order valence-corrected chi connectivity index (χ3v) is 4.88. The molecule has 2 aromatic carbocycles. The van der Waals surface area contributed by atoms with Crippen molar-refractivity contribution in [1.82, 2.24) is 14.9 Å². The molecule has 1 aromatic heterocycles. The molecule has 28 heavy (non-hydrogen) atoms. The van der Waals surface area contributed by atoms with Crippen LogP contribution in [0.1, 0.15) is 33.4 Å². The maximum absolute atomic E-state index is 13.2. The van der Waals surface area contributed by atoms with Crippen LogP contribution in [-0.2, 0) is 11.2 Å². The Bertz CT molecular complexity index is 1000. The second-order valence-corrected chi connectivity index (χ2v) is 6.49. The molecule has 3 aromatic rings. The average Bonchev–Trinajstić information content (AvgIpc) is 3.22. The zero-order chi connectivity index (χ0) is 19.5. The molecule has 0 spiro atoms. The van der Waals surface area contributed by atoms with Crippen LogP contribution in [0.25, 0.3) is 0 Å². The molecule has 7 heteroatoms. The molecule has 4 rings (SSSR count). The number of esters is 1. The fourth-order valence-electron chi connectivity index (χ4n) is 3.54. The number of imidazole rings is 1. The Kier molecular flexibility index (Phi) is 4.80. The van der Waals surface area contributed by atoms with E-state index in [2.05, 4.69) is 15.3 Å². The Morgan fingerprint density at radius 3 is 2.68 bits per heavy atom. The normalized spacial score (nSPS) is 15.6. The molecule has 0 bridgehead atoms. The highest BCUT2D eigenvalue weighted by molar-refractivity contribution is 6.01. The lowest BCUT2D eigenvalue weighted by Gasteiger charge is -2.35. The number of ether oxygens (including phenoxy) is 1. The van der Waals surface area contributed by atoms with E-state index in [1.807, 2.05) is 30.3 Å². The predicted octanol–water partition coefficient (Wildman–Crippen LogP) is 3.38. The number of hydrogen-bond acceptors (Lipinski definition) is 4. The summed E-state index contributed by atoms with van der Waals surface area (Å²) in [5.41, 5.74) is 3.58. The summed E-state index contributed by atoms with van der Waals surface area (Å²) in [7, 11) is 1.32. The molecule has 2 N–H and O–H groups in total. The van der Waals surface area contributed by atoms with E-state index in [1.54, 1.807) is 35.5 Å². The highest BCUT2D eigenvalue weighted by Crippen LogP contribution is 2.33. The molecule has 1 aliphatic rings. The number of aromatic amines is 1. The van der Waals surface area contributed by atoms with Crippen LogP contribution < -0.4 is 5.32 Å². The van der Waals surface area contributed by atoms with E-state index in [0.29, 0.717) is 24.2 Å². The van der Waals surface area contributed by atoms with Gasteiger partial charge in [-0.3, -0.25) is 0 Å². The summed E-state index contributed by atoms with van der Waals surface area (Å²) in [4.78, 5) is 34.5. The summed E-state index contributed by atoms with van der Waals surface area (Å²) in [5, 5.41) is 2.87. The summed E-state index contributed by atoms with van der Waals surface area (Å²) in [5.74, 6) is -0.497. The van der Waals surface area contributed by atoms with Crippen molar-refractivity contribution in [3.63, 3.8) is 0 Å². The van der Waals surface area contributed by atoms with E-state index in [4.69, 9.17) is 4.74 Å². The van der Waals surface area contributed by atoms with Crippen molar-refractivity contribution in [2.45, 2.75) is 12.5 Å². The highest BCUT2D eigenvalue weighted by atomic mass is 16.5. The number of carbonyl (C=O) groups excluding carboxylic acids is 2. The number of H-pyrrole nitrogens is 1. The van der Waals surface area contributed by atoms with Gasteiger partial charge < -0.3 is 19.9 Å². The summed E-state index contributed by atoms with van der Waals surface area (Å²) < 4.78 is 4.81. The second-order valence-electron chi connectivity index (χ2n) is 6.49. The van der Waals surface area contributed by atoms with Crippen molar-refractivity contribution in [3.8, 4) is 0 Å². The van der Waals surface area contributed by atoms with Gasteiger partial charge >= 0.3 is 12.0 Å². The molecule has 0 fully saturated rings. The highest BCUT2D eigenvalue weighted by Gasteiger charge is 2.34. The van der Waals surface area contributed by atoms with Crippen molar-refractivity contribution >= 4 is 17.7 Å². The maximum atomic E-state index is 13.2. The first-order chi connectivity index (χ1) is 13.7. The molecular formula is C21H20N4O3. The topological polar surface area (TPSA) is 87.3 Å². The van der Waals surface area contributed by atoms with E-state index in [-0.39, 0.29) is 12.1 Å². The Hall–Kier alpha value is -3.61. The van der Waals surface area contributed by atoms with E-state index in [1.165, 1.54) is 7.11 Å². The number of nitrogens with one attached hydrogen (secondary N) is 2. The Morgan fingerprint density at radius 2 is 1.89 bits per heavy atom. The molecule has 1 aliphatic heterocycles. The average molecular weight is 376 g/mol. The van der Waals surface area contributed by atoms with Gasteiger partial charge in [0.15, 0.2) is 0 Å². The van der Waals surface area contributed by atoms with Gasteiger partial charge in [-0.2, -0.15) is 0 Å². The number of rotatable bonds is 3. The van der Waals surface area contributed by atoms with Gasteiger partial charge in [0.25, 0.3) is 0 Å². The van der Waals surface area contributed by atoms with Gasteiger partial charge in [-0.1, -0.05) is 42.5 Å². The van der Waals surface area contributed by atoms with Gasteiger partial charge in [-0.05, 0) is 17.7 Å². The minimum atomic E-state index is -0.497. The van der Waals surface area contributed by atoms with Crippen LogP contribution >= 0.6 is 0 Å². The minimum Gasteiger partial charge on any atom is -0.465 e. The maximum Gasteiger partial charge on any atom is 0.339 e. The number of fused-ring (bicyclic) bond motifs is 1. The standard InChI is InChI=1S/C21H20N4O3/c1-28-20(26)15-9-5-6-10-16(15)24-21(27)25-12-11-17-18(23-13-22-17)19(25)14-7-3-2-4-8-14/h2-10,13,19H,11-12H2,1H3,(H,22,23)(H,24,27)/t19-/m0/s1. The van der Waals surface area contributed by atoms with Gasteiger partial charge in [0.2, 0.25) is 0 Å². The smallest absolute Gasteiger partial charge is 0.339 e. The van der Waals surface area contributed by atoms with Crippen LogP contribution in [0.5, 0.6) is 0 Å². The van der Waals surface area contributed by atoms with Crippen LogP contribution in [0.15, 0.2) is 60.9 Å². The number of anilines is 1. The van der Waals surface area contributed by atoms with Crippen molar-refractivity contribution < 1.29 is 14.3 Å². The number of amides is 2. The molecule has 0 unspecified atom stereocenters. The summed E-state index contributed by atoms with van der Waals surface area (Å²) >= 11 is 0. The first kappa shape index (κ1) is 17.8. The summed E-state index contributed by atoms with van der Waals surface area (Å²) in [6, 6.07) is 16.0. The molecule has 7 nitrogen and oxygen atoms in total. The number of urea groups is 1. The number of hydrogen-bond donors (Lipinski definition) is 2. The fraction of sp³-hybridized carbons (Fsp3) is 0.190. The predicted molar refractivity (Wildman–Crippen MR) is 104 cm³/mol. The third-order valence-electron chi connectivity index (χ3n) is 4.88. The van der Waals surface area contributed by atoms with Crippen LogP contribution in [0.4, 0.5) is 10.5 Å². The SMILES string of the molecule is COC(=O)c1ccccc1NC(=O)N1CCc2[nH]cnc2[C@@H]1c1ccccc1. The lowest BCUT2D eigenvalue weighted by atomic mass is 9.96. The molecule has 0 radical (unpaired) electrons. The zero-order valence-electron chi connectivity index (χ0n) is 15.4. The monoisotopic (exact) mass is 376 g/mol. The van der Waals surface area contributed by atoms with E-state index in [0.717, 1.165) is 17.0 Å². The zero-order valence-corrected chi connectivity index (χ0v) is 15.4. The minimum absolute atomic E-state index is 0.293. The van der Waals surface area contributed by atoms with Crippen molar-refractivity contribution in [2.75, 3.05) is 19.0 Å². The molecule has 1 atom stereocenters. The largest absolute Gasteiger partial charge is 0.465 e. The van der Waals surface area contributed by atoms with Gasteiger partial charge in [-0.25, -0.2) is 14.6 Å². The number of carbonyl (C=O) groups is 2. The van der Waals surface area contributed by atoms with E-state index >= 15 is 0 Å². The Morgan fingerprint density at radius 1 is 1.14 bits per heavy atom. The number of para-hydroxylation sites is 1. The molecule has 0 aliphatic carbocycles. The quantitative estimate of drug-likeness (QED) is 0.686. The van der Waals surface area contributed by atoms with Crippen LogP contribution in [0.2, 0.25) is 0 Å². The molecule has 0 saturated heterocycles. The van der Waals surface area contributed by atoms with Crippen LogP contribution in [0, 0.1) is 0 Å². The summed E-state index contributed by atoms with van der Waals surface area (Å²) in [6.45, 7) is 0.529. The van der Waals surface area contributed by atoms with Gasteiger partial charge in [0, 0.05) is 18.7 Å². The lowest BCUT2D eigenvalue weighted by Crippen LogP contribution is -2.43. The molecule has 2 amide bonds. The summed E-state index contributed by atoms with van der Waals surface area (Å²) in [6.07, 6.45) is 2.35. The molecule has 142 valence electrons. The first-order valence-corrected chi connectivity index (χ1v) is 9.01. The lowest BCUT2D eigenvalue weighted by molar-refractivity contribution is 0.0602. The third kappa shape index (κ3) is 3.22. The van der Waals surface area contributed by atoms with Crippen LogP contribution in [-0.4, -0.2) is 40.5 Å². The van der Waals surface area contributed by atoms with E-state index < -0.39 is 5.97 Å². The molecular weight excluding hydrogens is 356 g/mol. The first-order valence-electron chi connectivity index (χ1n) is 9.01. The number of nitrogens with zero attached hydrogens (tertiary/aromatic N) is 2. The number of benzene rings is 2. The van der Waals surface area contributed by atoms with Crippen LogP contribution in [0.3, 0.4) is 0 Å². The number of methoxy groups -OCH3 is 1. The van der Waals surface area contributed by atoms with Crippen molar-refractivity contribution in [3.05, 3.63) is 83.4 Å². The van der Waals surface area contributed by atoms with Crippen molar-refractivity contribution in [2.24, 2.45) is 0 Å². The Balaban J connectivity index is 1.67. The van der Waals surface area contributed by atoms with Gasteiger partial charge in [0.05, 0.1) is 30.4 Å². The number of aromatic nitrogens is 2. The fourth-order valence-corrected chi connectivity index (χ4v) is 3.54. The molecule has 2 heterocycles. The van der Waals surface area contributed by atoms with Gasteiger partial charge in [0.1, 0.15) is 6.04 Å². The van der Waals surface area contributed by atoms with Gasteiger partial charge in [-0.15, -0.1) is 0 Å². The second kappa shape index (κ2) is 7.56. The Labute approximate surface area is 162 Å².